The van der Waals surface area contributed by atoms with Gasteiger partial charge in [0.2, 0.25) is 0 Å². The number of hydrogen-bond acceptors (Lipinski definition) is 3. The molecule has 0 aromatic heterocycles. The van der Waals surface area contributed by atoms with Crippen LogP contribution in [0.4, 0.5) is 4.79 Å². The maximum atomic E-state index is 11.1. The Morgan fingerprint density at radius 3 is 2.17 bits per heavy atom. The fourth-order valence-electron chi connectivity index (χ4n) is 1.86. The molecule has 0 aromatic rings. The van der Waals surface area contributed by atoms with E-state index in [0.717, 1.165) is 25.7 Å². The molecule has 0 aliphatic carbocycles. The molecule has 0 fully saturated rings. The Kier molecular flexibility index (Phi) is 10.00. The van der Waals surface area contributed by atoms with E-state index in [0.29, 0.717) is 13.2 Å². The van der Waals surface area contributed by atoms with Gasteiger partial charge in [0.15, 0.2) is 0 Å². The molecule has 0 heterocycles. The molecule has 0 rings (SSSR count). The molecule has 0 saturated heterocycles. The lowest BCUT2D eigenvalue weighted by atomic mass is 10.2. The molecule has 1 N–H and O–H groups in total. The standard InChI is InChI=1S/C12H27NO4Si/c1-5-8-9-10-11(13(4)12(14)15)18(16-6-2)17-7-3/h11,18H,5-10H2,1-4H3,(H,14,15). The molecule has 1 amide bonds. The quantitative estimate of drug-likeness (QED) is 0.492. The van der Waals surface area contributed by atoms with Crippen LogP contribution in [0.5, 0.6) is 0 Å². The summed E-state index contributed by atoms with van der Waals surface area (Å²) in [7, 11) is -0.352. The topological polar surface area (TPSA) is 59.0 Å². The molecule has 1 unspecified atom stereocenters. The number of rotatable bonds is 10. The van der Waals surface area contributed by atoms with Crippen LogP contribution >= 0.6 is 0 Å². The SMILES string of the molecule is CCCCCC(N(C)C(=O)O)[SiH](OCC)OCC. The Balaban J connectivity index is 4.61. The van der Waals surface area contributed by atoms with Crippen molar-refractivity contribution in [2.24, 2.45) is 0 Å². The van der Waals surface area contributed by atoms with Gasteiger partial charge in [-0.3, -0.25) is 0 Å². The maximum absolute atomic E-state index is 11.1. The first kappa shape index (κ1) is 17.4. The van der Waals surface area contributed by atoms with Crippen molar-refractivity contribution < 1.29 is 18.8 Å². The van der Waals surface area contributed by atoms with Crippen LogP contribution in [0.2, 0.25) is 0 Å². The van der Waals surface area contributed by atoms with Crippen molar-refractivity contribution in [2.75, 3.05) is 20.3 Å². The van der Waals surface area contributed by atoms with E-state index >= 15 is 0 Å². The van der Waals surface area contributed by atoms with Crippen molar-refractivity contribution in [3.63, 3.8) is 0 Å². The summed E-state index contributed by atoms with van der Waals surface area (Å²) in [6.07, 6.45) is 3.17. The number of carbonyl (C=O) groups is 1. The monoisotopic (exact) mass is 277 g/mol. The van der Waals surface area contributed by atoms with Crippen LogP contribution in [0.25, 0.3) is 0 Å². The van der Waals surface area contributed by atoms with Crippen molar-refractivity contribution >= 4 is 15.4 Å². The van der Waals surface area contributed by atoms with Gasteiger partial charge < -0.3 is 18.9 Å². The van der Waals surface area contributed by atoms with Crippen LogP contribution in [0.15, 0.2) is 0 Å². The molecule has 1 atom stereocenters. The van der Waals surface area contributed by atoms with Gasteiger partial charge >= 0.3 is 15.4 Å². The van der Waals surface area contributed by atoms with Gasteiger partial charge in [-0.1, -0.05) is 26.2 Å². The Labute approximate surface area is 112 Å². The second kappa shape index (κ2) is 10.3. The van der Waals surface area contributed by atoms with E-state index in [1.165, 1.54) is 4.90 Å². The van der Waals surface area contributed by atoms with Gasteiger partial charge in [0.1, 0.15) is 0 Å². The smallest absolute Gasteiger partial charge is 0.407 e. The zero-order valence-electron chi connectivity index (χ0n) is 12.0. The van der Waals surface area contributed by atoms with Gasteiger partial charge in [-0.05, 0) is 20.3 Å². The number of hydrogen-bond donors (Lipinski definition) is 1. The first-order valence-electron chi connectivity index (χ1n) is 6.77. The minimum Gasteiger partial charge on any atom is -0.465 e. The molecule has 0 spiro atoms. The van der Waals surface area contributed by atoms with Crippen LogP contribution in [-0.4, -0.2) is 51.3 Å². The van der Waals surface area contributed by atoms with Crippen LogP contribution in [-0.2, 0) is 8.85 Å². The normalized spacial score (nSPS) is 12.7. The van der Waals surface area contributed by atoms with E-state index in [2.05, 4.69) is 6.92 Å². The first-order valence-corrected chi connectivity index (χ1v) is 8.38. The average Bonchev–Trinajstić information content (AvgIpc) is 2.34. The number of amides is 1. The van der Waals surface area contributed by atoms with Crippen LogP contribution < -0.4 is 0 Å². The molecule has 0 aliphatic heterocycles. The minimum atomic E-state index is -1.96. The van der Waals surface area contributed by atoms with Crippen LogP contribution in [0.1, 0.15) is 46.5 Å². The Morgan fingerprint density at radius 1 is 1.22 bits per heavy atom. The van der Waals surface area contributed by atoms with Gasteiger partial charge in [-0.15, -0.1) is 0 Å². The highest BCUT2D eigenvalue weighted by Crippen LogP contribution is 2.14. The summed E-state index contributed by atoms with van der Waals surface area (Å²) in [5.74, 6) is 0. The number of nitrogens with zero attached hydrogens (tertiary/aromatic N) is 1. The van der Waals surface area contributed by atoms with Crippen molar-refractivity contribution in [3.8, 4) is 0 Å². The molecular formula is C12H27NO4Si. The molecule has 6 heteroatoms. The van der Waals surface area contributed by atoms with E-state index in [4.69, 9.17) is 14.0 Å². The highest BCUT2D eigenvalue weighted by molar-refractivity contribution is 6.46. The third-order valence-electron chi connectivity index (χ3n) is 2.88. The van der Waals surface area contributed by atoms with E-state index < -0.39 is 15.4 Å². The number of carboxylic acid groups (broad SMARTS) is 1. The molecule has 0 saturated carbocycles. The Bertz CT molecular complexity index is 222. The molecule has 0 aromatic carbocycles. The van der Waals surface area contributed by atoms with E-state index in [1.807, 2.05) is 13.8 Å². The fourth-order valence-corrected chi connectivity index (χ4v) is 4.05. The van der Waals surface area contributed by atoms with Gasteiger partial charge in [0.05, 0.1) is 5.67 Å². The lowest BCUT2D eigenvalue weighted by molar-refractivity contribution is 0.127. The van der Waals surface area contributed by atoms with Gasteiger partial charge in [-0.2, -0.15) is 0 Å². The largest absolute Gasteiger partial charge is 0.465 e. The minimum absolute atomic E-state index is 0.103. The molecule has 0 bridgehead atoms. The predicted octanol–water partition coefficient (Wildman–Crippen LogP) is 2.38. The van der Waals surface area contributed by atoms with Crippen molar-refractivity contribution in [1.82, 2.24) is 4.90 Å². The van der Waals surface area contributed by atoms with Crippen molar-refractivity contribution in [3.05, 3.63) is 0 Å². The Morgan fingerprint density at radius 2 is 1.78 bits per heavy atom. The zero-order valence-corrected chi connectivity index (χ0v) is 13.2. The highest BCUT2D eigenvalue weighted by atomic mass is 28.3. The maximum Gasteiger partial charge on any atom is 0.407 e. The summed E-state index contributed by atoms with van der Waals surface area (Å²) < 4.78 is 11.3. The van der Waals surface area contributed by atoms with Crippen LogP contribution in [0.3, 0.4) is 0 Å². The summed E-state index contributed by atoms with van der Waals surface area (Å²) >= 11 is 0. The lowest BCUT2D eigenvalue weighted by Gasteiger charge is -2.30. The lowest BCUT2D eigenvalue weighted by Crippen LogP contribution is -2.50. The summed E-state index contributed by atoms with van der Waals surface area (Å²) in [5.41, 5.74) is -0.103. The third kappa shape index (κ3) is 6.37. The molecule has 0 radical (unpaired) electrons. The van der Waals surface area contributed by atoms with Gasteiger partial charge in [-0.25, -0.2) is 4.79 Å². The van der Waals surface area contributed by atoms with Crippen molar-refractivity contribution in [2.45, 2.75) is 52.1 Å². The molecular weight excluding hydrogens is 250 g/mol. The van der Waals surface area contributed by atoms with Crippen molar-refractivity contribution in [1.29, 1.82) is 0 Å². The summed E-state index contributed by atoms with van der Waals surface area (Å²) in [6.45, 7) is 7.13. The third-order valence-corrected chi connectivity index (χ3v) is 5.61. The van der Waals surface area contributed by atoms with E-state index in [1.54, 1.807) is 7.05 Å². The van der Waals surface area contributed by atoms with E-state index in [-0.39, 0.29) is 5.67 Å². The summed E-state index contributed by atoms with van der Waals surface area (Å²) in [5, 5.41) is 9.13. The number of unbranched alkanes of at least 4 members (excludes halogenated alkanes) is 2. The summed E-state index contributed by atoms with van der Waals surface area (Å²) in [4.78, 5) is 12.5. The average molecular weight is 277 g/mol. The molecule has 108 valence electrons. The van der Waals surface area contributed by atoms with Crippen LogP contribution in [0, 0.1) is 0 Å². The first-order chi connectivity index (χ1) is 8.58. The Hall–Kier alpha value is -0.593. The molecule has 0 aliphatic rings. The second-order valence-electron chi connectivity index (χ2n) is 4.24. The van der Waals surface area contributed by atoms with Gasteiger partial charge in [0, 0.05) is 20.3 Å². The highest BCUT2D eigenvalue weighted by Gasteiger charge is 2.31. The summed E-state index contributed by atoms with van der Waals surface area (Å²) in [6, 6.07) is 0. The molecule has 5 nitrogen and oxygen atoms in total. The zero-order chi connectivity index (χ0) is 14.0. The fraction of sp³-hybridized carbons (Fsp3) is 0.917. The molecule has 18 heavy (non-hydrogen) atoms. The second-order valence-corrected chi connectivity index (χ2v) is 6.41. The van der Waals surface area contributed by atoms with Gasteiger partial charge in [0.25, 0.3) is 0 Å². The van der Waals surface area contributed by atoms with E-state index in [9.17, 15) is 4.79 Å². The predicted molar refractivity (Wildman–Crippen MR) is 74.1 cm³/mol.